The van der Waals surface area contributed by atoms with Crippen molar-refractivity contribution < 1.29 is 4.52 Å². The highest BCUT2D eigenvalue weighted by molar-refractivity contribution is 5.00. The van der Waals surface area contributed by atoms with Crippen molar-refractivity contribution in [3.05, 3.63) is 17.5 Å². The highest BCUT2D eigenvalue weighted by Gasteiger charge is 1.98. The summed E-state index contributed by atoms with van der Waals surface area (Å²) >= 11 is 0. The topological polar surface area (TPSA) is 26.0 Å². The molecule has 10 heavy (non-hydrogen) atoms. The van der Waals surface area contributed by atoms with Crippen molar-refractivity contribution in [2.45, 2.75) is 33.1 Å². The molecule has 0 saturated carbocycles. The third-order valence-corrected chi connectivity index (χ3v) is 1.38. The van der Waals surface area contributed by atoms with Gasteiger partial charge in [-0.1, -0.05) is 18.5 Å². The van der Waals surface area contributed by atoms with Gasteiger partial charge in [0.15, 0.2) is 0 Å². The molecular formula is C8H12NO. The van der Waals surface area contributed by atoms with Crippen molar-refractivity contribution in [2.75, 3.05) is 0 Å². The zero-order valence-corrected chi connectivity index (χ0v) is 6.48. The lowest BCUT2D eigenvalue weighted by molar-refractivity contribution is 0.389. The molecule has 0 saturated heterocycles. The Kier molecular flexibility index (Phi) is 2.49. The van der Waals surface area contributed by atoms with Crippen molar-refractivity contribution in [1.82, 2.24) is 5.16 Å². The fraction of sp³-hybridized carbons (Fsp3) is 0.625. The summed E-state index contributed by atoms with van der Waals surface area (Å²) in [6.45, 7) is 4.02. The SMILES string of the molecule is CCCCc1[c]c(C)on1. The summed E-state index contributed by atoms with van der Waals surface area (Å²) in [6.07, 6.45) is 3.36. The third-order valence-electron chi connectivity index (χ3n) is 1.38. The standard InChI is InChI=1S/C8H12NO/c1-3-4-5-8-6-7(2)10-9-8/h3-5H2,1-2H3. The Morgan fingerprint density at radius 1 is 1.60 bits per heavy atom. The number of aryl methyl sites for hydroxylation is 2. The van der Waals surface area contributed by atoms with Crippen molar-refractivity contribution >= 4 is 0 Å². The molecule has 1 aromatic rings. The first-order chi connectivity index (χ1) is 4.83. The van der Waals surface area contributed by atoms with Gasteiger partial charge in [0.05, 0.1) is 11.8 Å². The van der Waals surface area contributed by atoms with E-state index in [-0.39, 0.29) is 0 Å². The van der Waals surface area contributed by atoms with E-state index in [0.29, 0.717) is 0 Å². The van der Waals surface area contributed by atoms with E-state index in [2.05, 4.69) is 18.1 Å². The molecule has 55 valence electrons. The molecule has 1 aromatic heterocycles. The first kappa shape index (κ1) is 7.32. The molecule has 0 N–H and O–H groups in total. The molecule has 1 heterocycles. The molecule has 2 nitrogen and oxygen atoms in total. The van der Waals surface area contributed by atoms with Gasteiger partial charge in [0.1, 0.15) is 5.76 Å². The Morgan fingerprint density at radius 3 is 2.90 bits per heavy atom. The molecule has 0 unspecified atom stereocenters. The van der Waals surface area contributed by atoms with E-state index in [4.69, 9.17) is 4.52 Å². The van der Waals surface area contributed by atoms with Crippen LogP contribution in [0.1, 0.15) is 31.2 Å². The quantitative estimate of drug-likeness (QED) is 0.639. The van der Waals surface area contributed by atoms with E-state index >= 15 is 0 Å². The van der Waals surface area contributed by atoms with Crippen LogP contribution in [-0.4, -0.2) is 5.16 Å². The van der Waals surface area contributed by atoms with Crippen molar-refractivity contribution in [1.29, 1.82) is 0 Å². The van der Waals surface area contributed by atoms with Crippen molar-refractivity contribution in [3.8, 4) is 0 Å². The minimum absolute atomic E-state index is 0.783. The molecule has 0 aromatic carbocycles. The molecule has 0 aliphatic carbocycles. The Balaban J connectivity index is 2.42. The first-order valence-corrected chi connectivity index (χ1v) is 3.67. The van der Waals surface area contributed by atoms with E-state index in [9.17, 15) is 0 Å². The Hall–Kier alpha value is -0.790. The normalized spacial score (nSPS) is 10.2. The summed E-state index contributed by atoms with van der Waals surface area (Å²) in [5.74, 6) is 0.783. The van der Waals surface area contributed by atoms with E-state index < -0.39 is 0 Å². The number of aromatic nitrogens is 1. The number of hydrogen-bond donors (Lipinski definition) is 0. The second-order valence-corrected chi connectivity index (χ2v) is 2.41. The molecule has 0 aliphatic rings. The van der Waals surface area contributed by atoms with Gasteiger partial charge in [-0.15, -0.1) is 0 Å². The van der Waals surface area contributed by atoms with Gasteiger partial charge in [0.2, 0.25) is 0 Å². The lowest BCUT2D eigenvalue weighted by Crippen LogP contribution is -1.82. The molecule has 0 amide bonds. The zero-order chi connectivity index (χ0) is 7.40. The van der Waals surface area contributed by atoms with E-state index in [0.717, 1.165) is 17.9 Å². The maximum Gasteiger partial charge on any atom is 0.141 e. The van der Waals surface area contributed by atoms with Gasteiger partial charge < -0.3 is 4.52 Å². The summed E-state index contributed by atoms with van der Waals surface area (Å²) in [5.41, 5.74) is 0.958. The van der Waals surface area contributed by atoms with E-state index in [1.165, 1.54) is 12.8 Å². The summed E-state index contributed by atoms with van der Waals surface area (Å²) in [7, 11) is 0. The summed E-state index contributed by atoms with van der Waals surface area (Å²) in [5, 5.41) is 3.82. The monoisotopic (exact) mass is 138 g/mol. The molecule has 0 fully saturated rings. The van der Waals surface area contributed by atoms with Gasteiger partial charge >= 0.3 is 0 Å². The largest absolute Gasteiger partial charge is 0.361 e. The average molecular weight is 138 g/mol. The summed E-state index contributed by atoms with van der Waals surface area (Å²) < 4.78 is 4.86. The van der Waals surface area contributed by atoms with Gasteiger partial charge in [-0.3, -0.25) is 0 Å². The van der Waals surface area contributed by atoms with Crippen molar-refractivity contribution in [2.24, 2.45) is 0 Å². The minimum Gasteiger partial charge on any atom is -0.361 e. The maximum absolute atomic E-state index is 4.86. The maximum atomic E-state index is 4.86. The Labute approximate surface area is 61.2 Å². The second-order valence-electron chi connectivity index (χ2n) is 2.41. The second kappa shape index (κ2) is 3.40. The van der Waals surface area contributed by atoms with Gasteiger partial charge in [-0.05, 0) is 19.8 Å². The molecule has 2 heteroatoms. The fourth-order valence-corrected chi connectivity index (χ4v) is 0.825. The van der Waals surface area contributed by atoms with Gasteiger partial charge in [0, 0.05) is 0 Å². The molecule has 0 aliphatic heterocycles. The average Bonchev–Trinajstić information content (AvgIpc) is 2.31. The van der Waals surface area contributed by atoms with Crippen LogP contribution in [0.2, 0.25) is 0 Å². The van der Waals surface area contributed by atoms with Crippen LogP contribution < -0.4 is 0 Å². The van der Waals surface area contributed by atoms with Crippen LogP contribution in [0.15, 0.2) is 4.52 Å². The van der Waals surface area contributed by atoms with E-state index in [1.54, 1.807) is 0 Å². The zero-order valence-electron chi connectivity index (χ0n) is 6.48. The van der Waals surface area contributed by atoms with Crippen LogP contribution in [0, 0.1) is 13.0 Å². The molecule has 1 radical (unpaired) electrons. The highest BCUT2D eigenvalue weighted by atomic mass is 16.5. The lowest BCUT2D eigenvalue weighted by atomic mass is 10.2. The van der Waals surface area contributed by atoms with Gasteiger partial charge in [-0.2, -0.15) is 0 Å². The number of rotatable bonds is 3. The molecule has 0 spiro atoms. The van der Waals surface area contributed by atoms with Crippen LogP contribution in [-0.2, 0) is 6.42 Å². The minimum atomic E-state index is 0.783. The van der Waals surface area contributed by atoms with Gasteiger partial charge in [-0.25, -0.2) is 0 Å². The smallest absolute Gasteiger partial charge is 0.141 e. The first-order valence-electron chi connectivity index (χ1n) is 3.67. The predicted molar refractivity (Wildman–Crippen MR) is 38.7 cm³/mol. The molecule has 0 atom stereocenters. The van der Waals surface area contributed by atoms with Crippen LogP contribution in [0.4, 0.5) is 0 Å². The Bertz CT molecular complexity index is 193. The fourth-order valence-electron chi connectivity index (χ4n) is 0.825. The molecule has 1 rings (SSSR count). The summed E-state index contributed by atoms with van der Waals surface area (Å²) in [6, 6.07) is 3.03. The van der Waals surface area contributed by atoms with Crippen LogP contribution >= 0.6 is 0 Å². The Morgan fingerprint density at radius 2 is 2.40 bits per heavy atom. The van der Waals surface area contributed by atoms with Crippen LogP contribution in [0.5, 0.6) is 0 Å². The van der Waals surface area contributed by atoms with Crippen LogP contribution in [0.25, 0.3) is 0 Å². The highest BCUT2D eigenvalue weighted by Crippen LogP contribution is 2.03. The number of nitrogens with zero attached hydrogens (tertiary/aromatic N) is 1. The molecule has 0 bridgehead atoms. The molecular weight excluding hydrogens is 126 g/mol. The lowest BCUT2D eigenvalue weighted by Gasteiger charge is -1.87. The number of hydrogen-bond acceptors (Lipinski definition) is 2. The number of unbranched alkanes of at least 4 members (excludes halogenated alkanes) is 1. The predicted octanol–water partition coefficient (Wildman–Crippen LogP) is 2.13. The third kappa shape index (κ3) is 1.87. The summed E-state index contributed by atoms with van der Waals surface area (Å²) in [4.78, 5) is 0. The van der Waals surface area contributed by atoms with Crippen LogP contribution in [0.3, 0.4) is 0 Å². The van der Waals surface area contributed by atoms with Crippen molar-refractivity contribution in [3.63, 3.8) is 0 Å². The van der Waals surface area contributed by atoms with Gasteiger partial charge in [0.25, 0.3) is 0 Å². The van der Waals surface area contributed by atoms with E-state index in [1.807, 2.05) is 6.92 Å².